The van der Waals surface area contributed by atoms with E-state index < -0.39 is 0 Å². The van der Waals surface area contributed by atoms with E-state index in [0.717, 1.165) is 24.4 Å². The number of carbonyl (C=O) groups is 1. The Morgan fingerprint density at radius 3 is 2.50 bits per heavy atom. The number of anilines is 1. The molecular formula is C15H18N2O2S. The average Bonchev–Trinajstić information content (AvgIpc) is 2.75. The molecule has 0 bridgehead atoms. The van der Waals surface area contributed by atoms with Crippen molar-refractivity contribution in [1.29, 1.82) is 0 Å². The molecule has 0 N–H and O–H groups in total. The smallest absolute Gasteiger partial charge is 0.303 e. The van der Waals surface area contributed by atoms with E-state index in [1.807, 2.05) is 56.1 Å². The van der Waals surface area contributed by atoms with Gasteiger partial charge in [-0.3, -0.25) is 4.79 Å². The van der Waals surface area contributed by atoms with Gasteiger partial charge in [-0.1, -0.05) is 25.1 Å². The molecule has 0 saturated carbocycles. The van der Waals surface area contributed by atoms with Crippen molar-refractivity contribution in [3.63, 3.8) is 0 Å². The highest BCUT2D eigenvalue weighted by molar-refractivity contribution is 7.80. The Kier molecular flexibility index (Phi) is 4.39. The summed E-state index contributed by atoms with van der Waals surface area (Å²) in [7, 11) is 1.94. The molecule has 106 valence electrons. The van der Waals surface area contributed by atoms with Crippen molar-refractivity contribution in [3.8, 4) is 0 Å². The number of carbonyl (C=O) groups excluding carboxylic acids is 1. The molecule has 0 aliphatic carbocycles. The van der Waals surface area contributed by atoms with Gasteiger partial charge in [-0.15, -0.1) is 0 Å². The number of hydrogen-bond donors (Lipinski definition) is 0. The maximum atomic E-state index is 12.6. The molecular weight excluding hydrogens is 272 g/mol. The number of ether oxygens (including phenoxy) is 1. The third-order valence-electron chi connectivity index (χ3n) is 3.32. The molecule has 1 aliphatic rings. The fraction of sp³-hybridized carbons (Fsp3) is 0.333. The Morgan fingerprint density at radius 2 is 1.95 bits per heavy atom. The van der Waals surface area contributed by atoms with Crippen molar-refractivity contribution < 1.29 is 9.53 Å². The first-order valence-electron chi connectivity index (χ1n) is 6.65. The summed E-state index contributed by atoms with van der Waals surface area (Å²) in [6, 6.07) is 9.31. The minimum Gasteiger partial charge on any atom is -0.423 e. The quantitative estimate of drug-likeness (QED) is 0.630. The van der Waals surface area contributed by atoms with Crippen LogP contribution in [0.2, 0.25) is 0 Å². The molecule has 2 rings (SSSR count). The monoisotopic (exact) mass is 290 g/mol. The number of para-hydroxylation sites is 1. The first-order chi connectivity index (χ1) is 9.60. The normalized spacial score (nSPS) is 17.2. The van der Waals surface area contributed by atoms with Crippen molar-refractivity contribution in [2.75, 3.05) is 18.5 Å². The molecule has 1 saturated heterocycles. The summed E-state index contributed by atoms with van der Waals surface area (Å²) in [5.41, 5.74) is 1.60. The van der Waals surface area contributed by atoms with Gasteiger partial charge in [0.25, 0.3) is 5.17 Å². The molecule has 1 fully saturated rings. The van der Waals surface area contributed by atoms with Crippen LogP contribution >= 0.6 is 12.2 Å². The average molecular weight is 290 g/mol. The molecule has 1 aromatic carbocycles. The Hall–Kier alpha value is -1.88. The van der Waals surface area contributed by atoms with Crippen LogP contribution in [0.1, 0.15) is 20.3 Å². The van der Waals surface area contributed by atoms with Crippen LogP contribution in [0.4, 0.5) is 5.69 Å². The fourth-order valence-corrected chi connectivity index (χ4v) is 2.41. The number of allylic oxidation sites excluding steroid dienone is 1. The second-order valence-corrected chi connectivity index (χ2v) is 4.84. The van der Waals surface area contributed by atoms with Gasteiger partial charge in [0, 0.05) is 13.6 Å². The number of benzene rings is 1. The minimum atomic E-state index is -0.196. The predicted molar refractivity (Wildman–Crippen MR) is 83.2 cm³/mol. The Bertz CT molecular complexity index is 554. The lowest BCUT2D eigenvalue weighted by Gasteiger charge is -2.20. The van der Waals surface area contributed by atoms with Gasteiger partial charge < -0.3 is 9.64 Å². The highest BCUT2D eigenvalue weighted by Gasteiger charge is 2.37. The summed E-state index contributed by atoms with van der Waals surface area (Å²) in [5, 5.41) is 0.187. The third-order valence-corrected chi connectivity index (χ3v) is 3.58. The van der Waals surface area contributed by atoms with E-state index in [1.165, 1.54) is 4.90 Å². The van der Waals surface area contributed by atoms with Crippen LogP contribution in [0.25, 0.3) is 0 Å². The second-order valence-electron chi connectivity index (χ2n) is 4.49. The zero-order chi connectivity index (χ0) is 14.7. The van der Waals surface area contributed by atoms with E-state index in [4.69, 9.17) is 17.0 Å². The summed E-state index contributed by atoms with van der Waals surface area (Å²) < 4.78 is 5.56. The zero-order valence-corrected chi connectivity index (χ0v) is 12.7. The van der Waals surface area contributed by atoms with Gasteiger partial charge in [-0.25, -0.2) is 4.90 Å². The van der Waals surface area contributed by atoms with E-state index in [1.54, 1.807) is 0 Å². The van der Waals surface area contributed by atoms with Crippen LogP contribution in [-0.2, 0) is 9.53 Å². The van der Waals surface area contributed by atoms with Crippen LogP contribution in [0.3, 0.4) is 0 Å². The predicted octanol–water partition coefficient (Wildman–Crippen LogP) is 2.91. The fourth-order valence-electron chi connectivity index (χ4n) is 2.14. The topological polar surface area (TPSA) is 32.8 Å². The zero-order valence-electron chi connectivity index (χ0n) is 11.9. The van der Waals surface area contributed by atoms with Gasteiger partial charge in [0.1, 0.15) is 0 Å². The molecule has 1 aliphatic heterocycles. The van der Waals surface area contributed by atoms with E-state index in [2.05, 4.69) is 0 Å². The SMILES string of the molecule is CC/C(=C1\OC(=S)N(c2ccccc2)C1=O)N(C)CC. The largest absolute Gasteiger partial charge is 0.423 e. The van der Waals surface area contributed by atoms with E-state index in [0.29, 0.717) is 5.76 Å². The number of rotatable bonds is 4. The molecule has 0 unspecified atom stereocenters. The highest BCUT2D eigenvalue weighted by atomic mass is 32.1. The van der Waals surface area contributed by atoms with E-state index in [-0.39, 0.29) is 11.1 Å². The Balaban J connectivity index is 2.41. The molecule has 0 radical (unpaired) electrons. The first kappa shape index (κ1) is 14.5. The molecule has 4 nitrogen and oxygen atoms in total. The minimum absolute atomic E-state index is 0.187. The summed E-state index contributed by atoms with van der Waals surface area (Å²) in [4.78, 5) is 16.0. The molecule has 0 atom stereocenters. The summed E-state index contributed by atoms with van der Waals surface area (Å²) >= 11 is 5.20. The van der Waals surface area contributed by atoms with Crippen molar-refractivity contribution >= 4 is 29.0 Å². The summed E-state index contributed by atoms with van der Waals surface area (Å²) in [6.45, 7) is 4.84. The molecule has 0 spiro atoms. The second kappa shape index (κ2) is 6.05. The van der Waals surface area contributed by atoms with Crippen LogP contribution in [0.15, 0.2) is 41.8 Å². The lowest BCUT2D eigenvalue weighted by atomic mass is 10.2. The van der Waals surface area contributed by atoms with Gasteiger partial charge in [0.15, 0.2) is 0 Å². The number of hydrogen-bond acceptors (Lipinski definition) is 4. The van der Waals surface area contributed by atoms with Crippen LogP contribution in [0.5, 0.6) is 0 Å². The summed E-state index contributed by atoms with van der Waals surface area (Å²) in [6.07, 6.45) is 0.719. The molecule has 1 amide bonds. The van der Waals surface area contributed by atoms with Gasteiger partial charge in [0.05, 0.1) is 11.4 Å². The third kappa shape index (κ3) is 2.54. The number of amides is 1. The lowest BCUT2D eigenvalue weighted by Crippen LogP contribution is -2.29. The van der Waals surface area contributed by atoms with Crippen molar-refractivity contribution in [3.05, 3.63) is 41.8 Å². The van der Waals surface area contributed by atoms with Crippen molar-refractivity contribution in [1.82, 2.24) is 4.90 Å². The number of nitrogens with zero attached hydrogens (tertiary/aromatic N) is 2. The van der Waals surface area contributed by atoms with Gasteiger partial charge in [-0.2, -0.15) is 0 Å². The standard InChI is InChI=1S/C15H18N2O2S/c1-4-12(16(3)5-2)13-14(18)17(15(20)19-13)11-9-7-6-8-10-11/h6-10H,4-5H2,1-3H3/b13-12+. The number of thiocarbonyl (C=S) groups is 1. The van der Waals surface area contributed by atoms with E-state index in [9.17, 15) is 4.79 Å². The highest BCUT2D eigenvalue weighted by Crippen LogP contribution is 2.28. The van der Waals surface area contributed by atoms with Crippen molar-refractivity contribution in [2.24, 2.45) is 0 Å². The Morgan fingerprint density at radius 1 is 1.30 bits per heavy atom. The van der Waals surface area contributed by atoms with Crippen LogP contribution in [0, 0.1) is 0 Å². The van der Waals surface area contributed by atoms with Gasteiger partial charge >= 0.3 is 5.91 Å². The molecule has 5 heteroatoms. The summed E-state index contributed by atoms with van der Waals surface area (Å²) in [5.74, 6) is 0.143. The molecule has 1 aromatic rings. The first-order valence-corrected chi connectivity index (χ1v) is 7.06. The van der Waals surface area contributed by atoms with E-state index >= 15 is 0 Å². The van der Waals surface area contributed by atoms with Gasteiger partial charge in [-0.05, 0) is 37.7 Å². The maximum absolute atomic E-state index is 12.6. The van der Waals surface area contributed by atoms with Crippen LogP contribution in [-0.4, -0.2) is 29.6 Å². The molecule has 0 aromatic heterocycles. The van der Waals surface area contributed by atoms with Crippen LogP contribution < -0.4 is 4.90 Å². The molecule has 1 heterocycles. The maximum Gasteiger partial charge on any atom is 0.303 e. The molecule has 20 heavy (non-hydrogen) atoms. The lowest BCUT2D eigenvalue weighted by molar-refractivity contribution is -0.115. The van der Waals surface area contributed by atoms with Gasteiger partial charge in [0.2, 0.25) is 5.76 Å². The Labute approximate surface area is 124 Å². The van der Waals surface area contributed by atoms with Crippen molar-refractivity contribution in [2.45, 2.75) is 20.3 Å².